The first-order valence-electron chi connectivity index (χ1n) is 7.17. The van der Waals surface area contributed by atoms with E-state index in [0.717, 1.165) is 16.3 Å². The Hall–Kier alpha value is -2.15. The number of anilines is 1. The summed E-state index contributed by atoms with van der Waals surface area (Å²) >= 11 is 9.10. The number of thiazole rings is 1. The normalized spacial score (nSPS) is 14.7. The molecule has 120 valence electrons. The van der Waals surface area contributed by atoms with E-state index in [-0.39, 0.29) is 18.1 Å². The van der Waals surface area contributed by atoms with Crippen molar-refractivity contribution in [3.8, 4) is 10.6 Å². The number of hydrogen-bond acceptors (Lipinski definition) is 5. The highest BCUT2D eigenvalue weighted by atomic mass is 35.5. The predicted molar refractivity (Wildman–Crippen MR) is 102 cm³/mol. The molecule has 1 aromatic carbocycles. The van der Waals surface area contributed by atoms with Crippen LogP contribution in [0.1, 0.15) is 5.01 Å². The lowest BCUT2D eigenvalue weighted by molar-refractivity contribution is 0.411. The number of benzene rings is 1. The summed E-state index contributed by atoms with van der Waals surface area (Å²) in [6.45, 7) is 0.252. The summed E-state index contributed by atoms with van der Waals surface area (Å²) in [5, 5.41) is 24.1. The lowest BCUT2D eigenvalue weighted by Gasteiger charge is -2.18. The topological polar surface area (TPSA) is 60.2 Å². The standard InChI is InChI=1S/C17H12ClN3OS2/c18-10-3-1-4-11(7-10)21-8-13(22)15(16(21)19)17-20-12(9-24-17)14-5-2-6-23-14/h1-7,9,19,22H,8H2. The Morgan fingerprint density at radius 3 is 2.83 bits per heavy atom. The van der Waals surface area contributed by atoms with Gasteiger partial charge in [-0.3, -0.25) is 5.41 Å². The summed E-state index contributed by atoms with van der Waals surface area (Å²) in [7, 11) is 0. The Morgan fingerprint density at radius 2 is 2.08 bits per heavy atom. The summed E-state index contributed by atoms with van der Waals surface area (Å²) in [6, 6.07) is 11.3. The van der Waals surface area contributed by atoms with Gasteiger partial charge in [0.2, 0.25) is 0 Å². The predicted octanol–water partition coefficient (Wildman–Crippen LogP) is 5.29. The van der Waals surface area contributed by atoms with Gasteiger partial charge in [-0.15, -0.1) is 22.7 Å². The molecule has 0 saturated heterocycles. The number of hydrogen-bond donors (Lipinski definition) is 2. The van der Waals surface area contributed by atoms with E-state index < -0.39 is 0 Å². The SMILES string of the molecule is N=C1C(c2nc(-c3cccs3)cs2)=C(O)CN1c1cccc(Cl)c1. The fourth-order valence-corrected chi connectivity index (χ4v) is 4.43. The maximum atomic E-state index is 10.4. The first-order valence-corrected chi connectivity index (χ1v) is 9.31. The second-order valence-electron chi connectivity index (χ2n) is 5.25. The van der Waals surface area contributed by atoms with Crippen molar-refractivity contribution >= 4 is 51.4 Å². The van der Waals surface area contributed by atoms with E-state index in [1.54, 1.807) is 28.4 Å². The monoisotopic (exact) mass is 373 g/mol. The minimum Gasteiger partial charge on any atom is -0.510 e. The Labute approximate surface area is 151 Å². The molecule has 0 aliphatic carbocycles. The van der Waals surface area contributed by atoms with Crippen LogP contribution < -0.4 is 4.90 Å². The van der Waals surface area contributed by atoms with Gasteiger partial charge in [0, 0.05) is 16.1 Å². The Balaban J connectivity index is 1.67. The molecule has 0 unspecified atom stereocenters. The smallest absolute Gasteiger partial charge is 0.139 e. The van der Waals surface area contributed by atoms with Gasteiger partial charge in [0.1, 0.15) is 16.6 Å². The van der Waals surface area contributed by atoms with Crippen LogP contribution in [0.4, 0.5) is 5.69 Å². The van der Waals surface area contributed by atoms with Crippen molar-refractivity contribution in [1.82, 2.24) is 4.98 Å². The molecule has 4 rings (SSSR count). The third-order valence-corrected chi connectivity index (χ3v) is 5.70. The summed E-state index contributed by atoms with van der Waals surface area (Å²) in [5.74, 6) is 0.397. The lowest BCUT2D eigenvalue weighted by atomic mass is 10.2. The molecule has 0 bridgehead atoms. The molecular formula is C17H12ClN3OS2. The van der Waals surface area contributed by atoms with Gasteiger partial charge in [0.05, 0.1) is 22.7 Å². The molecule has 2 aromatic heterocycles. The van der Waals surface area contributed by atoms with Gasteiger partial charge in [0.15, 0.2) is 0 Å². The van der Waals surface area contributed by atoms with E-state index in [2.05, 4.69) is 4.98 Å². The molecular weight excluding hydrogens is 362 g/mol. The van der Waals surface area contributed by atoms with Crippen molar-refractivity contribution in [3.05, 3.63) is 62.9 Å². The van der Waals surface area contributed by atoms with Gasteiger partial charge in [-0.2, -0.15) is 0 Å². The second kappa shape index (κ2) is 6.05. The first-order chi connectivity index (χ1) is 11.6. The van der Waals surface area contributed by atoms with Crippen molar-refractivity contribution in [3.63, 3.8) is 0 Å². The summed E-state index contributed by atoms with van der Waals surface area (Å²) in [5.41, 5.74) is 2.14. The third kappa shape index (κ3) is 2.62. The summed E-state index contributed by atoms with van der Waals surface area (Å²) in [4.78, 5) is 7.40. The van der Waals surface area contributed by atoms with Crippen LogP contribution in [0.15, 0.2) is 52.9 Å². The zero-order valence-corrected chi connectivity index (χ0v) is 14.8. The van der Waals surface area contributed by atoms with Crippen molar-refractivity contribution in [2.45, 2.75) is 0 Å². The van der Waals surface area contributed by atoms with Gasteiger partial charge in [-0.25, -0.2) is 4.98 Å². The summed E-state index contributed by atoms with van der Waals surface area (Å²) in [6.07, 6.45) is 0. The number of rotatable bonds is 3. The molecule has 2 N–H and O–H groups in total. The zero-order valence-electron chi connectivity index (χ0n) is 12.4. The van der Waals surface area contributed by atoms with E-state index in [9.17, 15) is 5.11 Å². The van der Waals surface area contributed by atoms with Gasteiger partial charge < -0.3 is 10.0 Å². The molecule has 0 atom stereocenters. The van der Waals surface area contributed by atoms with Gasteiger partial charge >= 0.3 is 0 Å². The van der Waals surface area contributed by atoms with Crippen LogP contribution in [0.2, 0.25) is 5.02 Å². The number of halogens is 1. The van der Waals surface area contributed by atoms with Crippen LogP contribution in [-0.2, 0) is 0 Å². The van der Waals surface area contributed by atoms with Crippen LogP contribution in [-0.4, -0.2) is 22.5 Å². The van der Waals surface area contributed by atoms with Gasteiger partial charge in [-0.05, 0) is 29.6 Å². The third-order valence-electron chi connectivity index (χ3n) is 3.71. The van der Waals surface area contributed by atoms with Crippen LogP contribution in [0.5, 0.6) is 0 Å². The Morgan fingerprint density at radius 1 is 1.21 bits per heavy atom. The fourth-order valence-electron chi connectivity index (χ4n) is 2.59. The molecule has 0 spiro atoms. The molecule has 1 aliphatic heterocycles. The molecule has 7 heteroatoms. The number of aliphatic hydroxyl groups is 1. The van der Waals surface area contributed by atoms with Gasteiger partial charge in [-0.1, -0.05) is 23.7 Å². The Bertz CT molecular complexity index is 946. The van der Waals surface area contributed by atoms with Gasteiger partial charge in [0.25, 0.3) is 0 Å². The zero-order chi connectivity index (χ0) is 16.7. The molecule has 3 heterocycles. The number of nitrogens with zero attached hydrogens (tertiary/aromatic N) is 2. The number of amidine groups is 1. The average Bonchev–Trinajstić information content (AvgIpc) is 3.27. The maximum Gasteiger partial charge on any atom is 0.139 e. The van der Waals surface area contributed by atoms with E-state index in [0.29, 0.717) is 15.6 Å². The molecule has 0 amide bonds. The number of aliphatic hydroxyl groups excluding tert-OH is 1. The largest absolute Gasteiger partial charge is 0.510 e. The maximum absolute atomic E-state index is 10.4. The minimum absolute atomic E-state index is 0.159. The van der Waals surface area contributed by atoms with Crippen molar-refractivity contribution < 1.29 is 5.11 Å². The molecule has 1 aliphatic rings. The molecule has 3 aromatic rings. The quantitative estimate of drug-likeness (QED) is 0.655. The number of aromatic nitrogens is 1. The molecule has 24 heavy (non-hydrogen) atoms. The highest BCUT2D eigenvalue weighted by Gasteiger charge is 2.31. The number of nitrogens with one attached hydrogen (secondary N) is 1. The summed E-state index contributed by atoms with van der Waals surface area (Å²) < 4.78 is 0. The van der Waals surface area contributed by atoms with Crippen molar-refractivity contribution in [1.29, 1.82) is 5.41 Å². The number of thiophene rings is 1. The van der Waals surface area contributed by atoms with E-state index >= 15 is 0 Å². The van der Waals surface area contributed by atoms with E-state index in [1.807, 2.05) is 35.0 Å². The van der Waals surface area contributed by atoms with E-state index in [4.69, 9.17) is 17.0 Å². The van der Waals surface area contributed by atoms with Crippen LogP contribution in [0.25, 0.3) is 16.1 Å². The Kier molecular flexibility index (Phi) is 3.88. The van der Waals surface area contributed by atoms with Crippen LogP contribution in [0, 0.1) is 5.41 Å². The minimum atomic E-state index is 0.159. The molecule has 0 saturated carbocycles. The van der Waals surface area contributed by atoms with Crippen molar-refractivity contribution in [2.75, 3.05) is 11.4 Å². The van der Waals surface area contributed by atoms with Crippen LogP contribution in [0.3, 0.4) is 0 Å². The molecule has 4 nitrogen and oxygen atoms in total. The molecule has 0 fully saturated rings. The van der Waals surface area contributed by atoms with Crippen molar-refractivity contribution in [2.24, 2.45) is 0 Å². The average molecular weight is 374 g/mol. The fraction of sp³-hybridized carbons (Fsp3) is 0.0588. The van der Waals surface area contributed by atoms with E-state index in [1.165, 1.54) is 11.3 Å². The second-order valence-corrected chi connectivity index (χ2v) is 7.49. The highest BCUT2D eigenvalue weighted by molar-refractivity contribution is 7.14. The van der Waals surface area contributed by atoms with Crippen LogP contribution >= 0.6 is 34.3 Å². The first kappa shape index (κ1) is 15.4. The lowest BCUT2D eigenvalue weighted by Crippen LogP contribution is -2.25. The highest BCUT2D eigenvalue weighted by Crippen LogP contribution is 2.35. The molecule has 0 radical (unpaired) electrons.